The van der Waals surface area contributed by atoms with Gasteiger partial charge in [0, 0.05) is 17.6 Å². The van der Waals surface area contributed by atoms with Crippen LogP contribution in [0.5, 0.6) is 0 Å². The Labute approximate surface area is 194 Å². The number of hydrogen-bond acceptors (Lipinski definition) is 5. The van der Waals surface area contributed by atoms with Crippen molar-refractivity contribution in [2.45, 2.75) is 11.8 Å². The summed E-state index contributed by atoms with van der Waals surface area (Å²) in [5.41, 5.74) is 1.99. The van der Waals surface area contributed by atoms with E-state index in [-0.39, 0.29) is 34.6 Å². The van der Waals surface area contributed by atoms with E-state index in [1.54, 1.807) is 42.9 Å². The number of benzene rings is 2. The number of amides is 2. The highest BCUT2D eigenvalue weighted by molar-refractivity contribution is 8.00. The average Bonchev–Trinajstić information content (AvgIpc) is 3.43. The van der Waals surface area contributed by atoms with Gasteiger partial charge < -0.3 is 15.1 Å². The maximum Gasteiger partial charge on any atom is 0.295 e. The van der Waals surface area contributed by atoms with Crippen LogP contribution in [0.2, 0.25) is 0 Å². The minimum Gasteiger partial charge on any atom is -0.459 e. The molecule has 0 unspecified atom stereocenters. The van der Waals surface area contributed by atoms with Gasteiger partial charge in [-0.1, -0.05) is 18.2 Å². The Bertz CT molecular complexity index is 1320. The molecule has 2 amide bonds. The second-order valence-corrected chi connectivity index (χ2v) is 8.28. The lowest BCUT2D eigenvalue weighted by atomic mass is 10.3. The first-order chi connectivity index (χ1) is 15.9. The van der Waals surface area contributed by atoms with Gasteiger partial charge in [0.05, 0.1) is 23.4 Å². The summed E-state index contributed by atoms with van der Waals surface area (Å²) in [5, 5.41) is 5.49. The Kier molecular flexibility index (Phi) is 6.50. The highest BCUT2D eigenvalue weighted by atomic mass is 32.2. The van der Waals surface area contributed by atoms with Crippen LogP contribution in [-0.2, 0) is 11.8 Å². The predicted molar refractivity (Wildman–Crippen MR) is 128 cm³/mol. The summed E-state index contributed by atoms with van der Waals surface area (Å²) in [4.78, 5) is 38.3. The molecule has 4 rings (SSSR count). The van der Waals surface area contributed by atoms with Crippen molar-refractivity contribution in [1.29, 1.82) is 0 Å². The molecule has 0 aliphatic heterocycles. The number of thioether (sulfide) groups is 1. The van der Waals surface area contributed by atoms with Crippen LogP contribution in [0.15, 0.2) is 87.1 Å². The number of rotatable bonds is 7. The van der Waals surface area contributed by atoms with Crippen LogP contribution < -0.4 is 16.2 Å². The molecule has 0 spiro atoms. The molecule has 2 aromatic carbocycles. The van der Waals surface area contributed by atoms with E-state index in [1.165, 1.54) is 22.7 Å². The van der Waals surface area contributed by atoms with Crippen LogP contribution in [0, 0.1) is 6.92 Å². The first-order valence-corrected chi connectivity index (χ1v) is 11.1. The van der Waals surface area contributed by atoms with Gasteiger partial charge in [0.25, 0.3) is 11.5 Å². The van der Waals surface area contributed by atoms with Gasteiger partial charge in [-0.15, -0.1) is 11.8 Å². The molecule has 8 nitrogen and oxygen atoms in total. The zero-order valence-electron chi connectivity index (χ0n) is 18.1. The first-order valence-electron chi connectivity index (χ1n) is 10.2. The number of nitrogens with zero attached hydrogens (tertiary/aromatic N) is 2. The molecule has 0 fully saturated rings. The monoisotopic (exact) mass is 462 g/mol. The molecule has 2 N–H and O–H groups in total. The largest absolute Gasteiger partial charge is 0.459 e. The highest BCUT2D eigenvalue weighted by Crippen LogP contribution is 2.21. The molecule has 4 aromatic rings. The van der Waals surface area contributed by atoms with Crippen molar-refractivity contribution < 1.29 is 14.0 Å². The van der Waals surface area contributed by atoms with Crippen LogP contribution in [0.3, 0.4) is 0 Å². The van der Waals surface area contributed by atoms with Crippen molar-refractivity contribution >= 4 is 35.0 Å². The van der Waals surface area contributed by atoms with E-state index in [4.69, 9.17) is 4.42 Å². The third-order valence-corrected chi connectivity index (χ3v) is 6.06. The van der Waals surface area contributed by atoms with E-state index < -0.39 is 0 Å². The summed E-state index contributed by atoms with van der Waals surface area (Å²) >= 11 is 1.33. The van der Waals surface area contributed by atoms with E-state index in [9.17, 15) is 14.4 Å². The van der Waals surface area contributed by atoms with Crippen LogP contribution in [0.4, 0.5) is 11.4 Å². The van der Waals surface area contributed by atoms with Crippen LogP contribution in [0.1, 0.15) is 16.2 Å². The standard InChI is InChI=1S/C24H22N4O4S/c1-16-22(24(31)28(27(16)2)18-7-4-3-5-8-18)26-21(29)15-33-19-12-10-17(11-13-19)25-23(30)20-9-6-14-32-20/h3-14H,15H2,1-2H3,(H,25,30)(H,26,29). The van der Waals surface area contributed by atoms with Crippen molar-refractivity contribution in [3.63, 3.8) is 0 Å². The average molecular weight is 463 g/mol. The minimum atomic E-state index is -0.334. The number of para-hydroxylation sites is 1. The molecule has 168 valence electrons. The Morgan fingerprint density at radius 3 is 2.36 bits per heavy atom. The molecule has 2 heterocycles. The fraction of sp³-hybridized carbons (Fsp3) is 0.125. The van der Waals surface area contributed by atoms with Gasteiger partial charge in [-0.25, -0.2) is 4.68 Å². The summed E-state index contributed by atoms with van der Waals surface area (Å²) in [5.74, 6) is -0.245. The number of furan rings is 1. The van der Waals surface area contributed by atoms with Crippen LogP contribution in [0.25, 0.3) is 5.69 Å². The maximum atomic E-state index is 12.9. The summed E-state index contributed by atoms with van der Waals surface area (Å²) in [6, 6.07) is 19.6. The highest BCUT2D eigenvalue weighted by Gasteiger charge is 2.18. The molecule has 0 saturated carbocycles. The first kappa shape index (κ1) is 22.2. The lowest BCUT2D eigenvalue weighted by Crippen LogP contribution is -2.23. The molecule has 9 heteroatoms. The van der Waals surface area contributed by atoms with Gasteiger partial charge >= 0.3 is 0 Å². The number of carbonyl (C=O) groups excluding carboxylic acids is 2. The second kappa shape index (κ2) is 9.66. The maximum absolute atomic E-state index is 12.9. The molecule has 0 aliphatic carbocycles. The molecule has 0 atom stereocenters. The van der Waals surface area contributed by atoms with Crippen molar-refractivity contribution in [2.24, 2.45) is 7.05 Å². The summed E-state index contributed by atoms with van der Waals surface area (Å²) in [7, 11) is 1.78. The van der Waals surface area contributed by atoms with Gasteiger partial charge in [0.15, 0.2) is 5.76 Å². The lowest BCUT2D eigenvalue weighted by molar-refractivity contribution is -0.113. The quantitative estimate of drug-likeness (QED) is 0.404. The van der Waals surface area contributed by atoms with Gasteiger partial charge in [0.2, 0.25) is 5.91 Å². The number of aromatic nitrogens is 2. The Balaban J connectivity index is 1.37. The van der Waals surface area contributed by atoms with Crippen molar-refractivity contribution in [3.8, 4) is 5.69 Å². The smallest absolute Gasteiger partial charge is 0.295 e. The third-order valence-electron chi connectivity index (χ3n) is 5.05. The second-order valence-electron chi connectivity index (χ2n) is 7.23. The lowest BCUT2D eigenvalue weighted by Gasteiger charge is -2.07. The molecule has 2 aromatic heterocycles. The Morgan fingerprint density at radius 1 is 0.970 bits per heavy atom. The number of carbonyl (C=O) groups is 2. The zero-order valence-corrected chi connectivity index (χ0v) is 18.9. The molecule has 0 aliphatic rings. The van der Waals surface area contributed by atoms with Crippen LogP contribution in [-0.4, -0.2) is 26.9 Å². The summed E-state index contributed by atoms with van der Waals surface area (Å²) < 4.78 is 8.31. The Hall–Kier alpha value is -3.98. The summed E-state index contributed by atoms with van der Waals surface area (Å²) in [6.07, 6.45) is 1.44. The molecular weight excluding hydrogens is 440 g/mol. The fourth-order valence-electron chi connectivity index (χ4n) is 3.27. The molecule has 0 radical (unpaired) electrons. The normalized spacial score (nSPS) is 10.7. The number of anilines is 2. The fourth-order valence-corrected chi connectivity index (χ4v) is 3.97. The van der Waals surface area contributed by atoms with E-state index in [0.29, 0.717) is 11.4 Å². The van der Waals surface area contributed by atoms with Gasteiger partial charge in [0.1, 0.15) is 5.69 Å². The van der Waals surface area contributed by atoms with Gasteiger partial charge in [-0.05, 0) is 55.5 Å². The summed E-state index contributed by atoms with van der Waals surface area (Å²) in [6.45, 7) is 1.79. The Morgan fingerprint density at radius 2 is 1.70 bits per heavy atom. The van der Waals surface area contributed by atoms with Crippen molar-refractivity contribution in [3.05, 3.63) is 94.8 Å². The van der Waals surface area contributed by atoms with E-state index in [0.717, 1.165) is 10.6 Å². The third kappa shape index (κ3) is 4.93. The zero-order chi connectivity index (χ0) is 23.4. The van der Waals surface area contributed by atoms with Gasteiger partial charge in [-0.3, -0.25) is 19.1 Å². The van der Waals surface area contributed by atoms with Crippen molar-refractivity contribution in [1.82, 2.24) is 9.36 Å². The molecular formula is C24H22N4O4S. The SMILES string of the molecule is Cc1c(NC(=O)CSc2ccc(NC(=O)c3ccco3)cc2)c(=O)n(-c2ccccc2)n1C. The number of hydrogen-bond donors (Lipinski definition) is 2. The molecule has 0 bridgehead atoms. The topological polar surface area (TPSA) is 98.3 Å². The van der Waals surface area contributed by atoms with E-state index in [1.807, 2.05) is 42.5 Å². The molecule has 0 saturated heterocycles. The number of nitrogens with one attached hydrogen (secondary N) is 2. The minimum absolute atomic E-state index is 0.136. The van der Waals surface area contributed by atoms with Crippen molar-refractivity contribution in [2.75, 3.05) is 16.4 Å². The van der Waals surface area contributed by atoms with Gasteiger partial charge in [-0.2, -0.15) is 0 Å². The van der Waals surface area contributed by atoms with Crippen LogP contribution >= 0.6 is 11.8 Å². The van der Waals surface area contributed by atoms with E-state index >= 15 is 0 Å². The molecule has 33 heavy (non-hydrogen) atoms. The predicted octanol–water partition coefficient (Wildman–Crippen LogP) is 4.06. The van der Waals surface area contributed by atoms with E-state index in [2.05, 4.69) is 10.6 Å².